The van der Waals surface area contributed by atoms with Crippen LogP contribution in [0.25, 0.3) is 0 Å². The Morgan fingerprint density at radius 1 is 1.15 bits per heavy atom. The second-order valence-corrected chi connectivity index (χ2v) is 6.26. The Bertz CT molecular complexity index is 831. The van der Waals surface area contributed by atoms with Gasteiger partial charge in [-0.25, -0.2) is 4.39 Å². The summed E-state index contributed by atoms with van der Waals surface area (Å²) in [6.45, 7) is 2.02. The van der Waals surface area contributed by atoms with E-state index >= 15 is 0 Å². The van der Waals surface area contributed by atoms with Crippen LogP contribution in [0.15, 0.2) is 48.5 Å². The molecule has 4 rings (SSSR count). The van der Waals surface area contributed by atoms with Crippen LogP contribution in [0.3, 0.4) is 0 Å². The highest BCUT2D eigenvalue weighted by atomic mass is 19.1. The minimum absolute atomic E-state index is 0.159. The highest BCUT2D eigenvalue weighted by Crippen LogP contribution is 2.34. The second-order valence-electron chi connectivity index (χ2n) is 6.26. The summed E-state index contributed by atoms with van der Waals surface area (Å²) < 4.78 is 24.3. The van der Waals surface area contributed by atoms with Gasteiger partial charge in [0.1, 0.15) is 11.6 Å². The Kier molecular flexibility index (Phi) is 4.49. The molecule has 0 spiro atoms. The number of tetrazole rings is 1. The van der Waals surface area contributed by atoms with E-state index < -0.39 is 0 Å². The molecule has 26 heavy (non-hydrogen) atoms. The predicted octanol–water partition coefficient (Wildman–Crippen LogP) is 2.90. The van der Waals surface area contributed by atoms with Crippen LogP contribution in [0.2, 0.25) is 0 Å². The molecule has 1 aliphatic rings. The molecule has 0 aliphatic carbocycles. The number of nitrogens with zero attached hydrogens (tertiary/aromatic N) is 3. The minimum Gasteiger partial charge on any atom is -0.422 e. The topological polar surface area (TPSA) is 85.0 Å². The van der Waals surface area contributed by atoms with Crippen molar-refractivity contribution in [2.75, 3.05) is 25.1 Å². The van der Waals surface area contributed by atoms with E-state index in [9.17, 15) is 4.39 Å². The maximum absolute atomic E-state index is 13.2. The van der Waals surface area contributed by atoms with Crippen LogP contribution in [0.5, 0.6) is 11.8 Å². The molecule has 2 N–H and O–H groups in total. The Hall–Kier alpha value is -3.00. The van der Waals surface area contributed by atoms with E-state index in [2.05, 4.69) is 25.9 Å². The molecule has 0 radical (unpaired) electrons. The van der Waals surface area contributed by atoms with Crippen molar-refractivity contribution in [1.82, 2.24) is 20.6 Å². The number of benzene rings is 2. The van der Waals surface area contributed by atoms with E-state index in [1.807, 2.05) is 36.4 Å². The lowest BCUT2D eigenvalue weighted by Gasteiger charge is -2.29. The normalized spacial score (nSPS) is 19.4. The number of aromatic amines is 1. The third-order valence-corrected chi connectivity index (χ3v) is 4.58. The van der Waals surface area contributed by atoms with Gasteiger partial charge < -0.3 is 14.8 Å². The van der Waals surface area contributed by atoms with Gasteiger partial charge in [0, 0.05) is 24.3 Å². The molecule has 1 saturated heterocycles. The molecule has 7 nitrogen and oxygen atoms in total. The van der Waals surface area contributed by atoms with Gasteiger partial charge in [-0.2, -0.15) is 5.21 Å². The van der Waals surface area contributed by atoms with E-state index in [0.29, 0.717) is 25.5 Å². The van der Waals surface area contributed by atoms with Crippen molar-refractivity contribution in [2.45, 2.75) is 11.8 Å². The first-order chi connectivity index (χ1) is 12.7. The average molecular weight is 355 g/mol. The molecular weight excluding hydrogens is 337 g/mol. The average Bonchev–Trinajstić information content (AvgIpc) is 3.34. The van der Waals surface area contributed by atoms with Crippen molar-refractivity contribution in [2.24, 2.45) is 0 Å². The minimum atomic E-state index is -0.229. The van der Waals surface area contributed by atoms with Crippen molar-refractivity contribution in [3.8, 4) is 11.8 Å². The largest absolute Gasteiger partial charge is 0.422 e. The zero-order valence-corrected chi connectivity index (χ0v) is 14.0. The summed E-state index contributed by atoms with van der Waals surface area (Å²) in [6, 6.07) is 14.3. The number of halogens is 1. The monoisotopic (exact) mass is 355 g/mol. The fourth-order valence-electron chi connectivity index (χ4n) is 3.09. The fraction of sp³-hybridized carbons (Fsp3) is 0.278. The highest BCUT2D eigenvalue weighted by molar-refractivity contribution is 5.47. The molecule has 1 fully saturated rings. The standard InChI is InChI=1S/C18H18FN5O2/c19-14-3-1-13(2-4-14)18(9-10-25-12-18)11-20-15-5-7-16(8-6-15)26-17-21-23-24-22-17/h1-8,20H,9-12H2,(H,21,22,23,24). The number of ether oxygens (including phenoxy) is 2. The first-order valence-corrected chi connectivity index (χ1v) is 8.33. The van der Waals surface area contributed by atoms with Crippen LogP contribution in [-0.2, 0) is 10.2 Å². The van der Waals surface area contributed by atoms with Gasteiger partial charge in [-0.3, -0.25) is 0 Å². The quantitative estimate of drug-likeness (QED) is 0.707. The summed E-state index contributed by atoms with van der Waals surface area (Å²) in [5.41, 5.74) is 1.88. The lowest BCUT2D eigenvalue weighted by Crippen LogP contribution is -2.35. The van der Waals surface area contributed by atoms with E-state index in [1.54, 1.807) is 0 Å². The second kappa shape index (κ2) is 7.09. The Morgan fingerprint density at radius 3 is 2.62 bits per heavy atom. The number of hydrogen-bond acceptors (Lipinski definition) is 6. The number of H-pyrrole nitrogens is 1. The van der Waals surface area contributed by atoms with Gasteiger partial charge in [0.05, 0.1) is 6.61 Å². The highest BCUT2D eigenvalue weighted by Gasteiger charge is 2.36. The summed E-state index contributed by atoms with van der Waals surface area (Å²) in [6.07, 6.45) is 0.894. The smallest absolute Gasteiger partial charge is 0.361 e. The van der Waals surface area contributed by atoms with Gasteiger partial charge in [-0.15, -0.1) is 0 Å². The summed E-state index contributed by atoms with van der Waals surface area (Å²) >= 11 is 0. The van der Waals surface area contributed by atoms with E-state index in [0.717, 1.165) is 17.7 Å². The maximum Gasteiger partial charge on any atom is 0.361 e. The molecular formula is C18H18FN5O2. The van der Waals surface area contributed by atoms with Crippen molar-refractivity contribution in [3.05, 3.63) is 59.9 Å². The molecule has 134 valence electrons. The molecule has 1 aliphatic heterocycles. The lowest BCUT2D eigenvalue weighted by molar-refractivity contribution is 0.179. The third-order valence-electron chi connectivity index (χ3n) is 4.58. The third kappa shape index (κ3) is 3.50. The molecule has 2 heterocycles. The molecule has 1 atom stereocenters. The lowest BCUT2D eigenvalue weighted by atomic mass is 9.79. The van der Waals surface area contributed by atoms with Gasteiger partial charge in [-0.05, 0) is 53.6 Å². The van der Waals surface area contributed by atoms with E-state index in [4.69, 9.17) is 9.47 Å². The zero-order valence-electron chi connectivity index (χ0n) is 14.0. The van der Waals surface area contributed by atoms with Gasteiger partial charge in [0.2, 0.25) is 0 Å². The molecule has 8 heteroatoms. The van der Waals surface area contributed by atoms with E-state index in [-0.39, 0.29) is 17.2 Å². The van der Waals surface area contributed by atoms with Gasteiger partial charge in [0.25, 0.3) is 0 Å². The first-order valence-electron chi connectivity index (χ1n) is 8.33. The first kappa shape index (κ1) is 16.5. The molecule has 0 bridgehead atoms. The van der Waals surface area contributed by atoms with Crippen molar-refractivity contribution in [3.63, 3.8) is 0 Å². The van der Waals surface area contributed by atoms with Crippen LogP contribution in [0.1, 0.15) is 12.0 Å². The molecule has 3 aromatic rings. The van der Waals surface area contributed by atoms with Crippen molar-refractivity contribution >= 4 is 5.69 Å². The molecule has 2 aromatic carbocycles. The van der Waals surface area contributed by atoms with Crippen LogP contribution in [0, 0.1) is 5.82 Å². The van der Waals surface area contributed by atoms with Crippen LogP contribution >= 0.6 is 0 Å². The maximum atomic E-state index is 13.2. The Labute approximate surface area is 149 Å². The van der Waals surface area contributed by atoms with Gasteiger partial charge in [-0.1, -0.05) is 22.3 Å². The predicted molar refractivity (Wildman–Crippen MR) is 92.7 cm³/mol. The number of hydrogen-bond donors (Lipinski definition) is 2. The summed E-state index contributed by atoms with van der Waals surface area (Å²) in [5, 5.41) is 16.7. The fourth-order valence-corrected chi connectivity index (χ4v) is 3.09. The Balaban J connectivity index is 1.43. The number of rotatable bonds is 6. The van der Waals surface area contributed by atoms with Crippen molar-refractivity contribution in [1.29, 1.82) is 0 Å². The molecule has 0 amide bonds. The molecule has 0 saturated carbocycles. The number of aromatic nitrogens is 4. The number of nitrogens with one attached hydrogen (secondary N) is 2. The summed E-state index contributed by atoms with van der Waals surface area (Å²) in [7, 11) is 0. The molecule has 1 aromatic heterocycles. The van der Waals surface area contributed by atoms with E-state index in [1.165, 1.54) is 12.1 Å². The summed E-state index contributed by atoms with van der Waals surface area (Å²) in [4.78, 5) is 0. The van der Waals surface area contributed by atoms with Gasteiger partial charge >= 0.3 is 6.01 Å². The number of anilines is 1. The van der Waals surface area contributed by atoms with Crippen LogP contribution in [-0.4, -0.2) is 40.4 Å². The van der Waals surface area contributed by atoms with Crippen molar-refractivity contribution < 1.29 is 13.9 Å². The SMILES string of the molecule is Fc1ccc(C2(CNc3ccc(Oc4nn[nH]n4)cc3)CCOC2)cc1. The van der Waals surface area contributed by atoms with Crippen LogP contribution < -0.4 is 10.1 Å². The Morgan fingerprint density at radius 2 is 1.96 bits per heavy atom. The van der Waals surface area contributed by atoms with Gasteiger partial charge in [0.15, 0.2) is 0 Å². The zero-order chi connectivity index (χ0) is 17.8. The summed E-state index contributed by atoms with van der Waals surface area (Å²) in [5.74, 6) is 0.391. The van der Waals surface area contributed by atoms with Crippen LogP contribution in [0.4, 0.5) is 10.1 Å². The molecule has 1 unspecified atom stereocenters.